The van der Waals surface area contributed by atoms with Gasteiger partial charge in [0.1, 0.15) is 6.54 Å². The van der Waals surface area contributed by atoms with E-state index in [0.29, 0.717) is 5.56 Å². The van der Waals surface area contributed by atoms with E-state index in [2.05, 4.69) is 5.32 Å². The van der Waals surface area contributed by atoms with Gasteiger partial charge in [-0.1, -0.05) is 18.2 Å². The highest BCUT2D eigenvalue weighted by Gasteiger charge is 2.04. The lowest BCUT2D eigenvalue weighted by atomic mass is 10.2. The molecule has 0 radical (unpaired) electrons. The zero-order valence-electron chi connectivity index (χ0n) is 7.67. The lowest BCUT2D eigenvalue weighted by Gasteiger charge is -2.00. The highest BCUT2D eigenvalue weighted by Crippen LogP contribution is 1.96. The summed E-state index contributed by atoms with van der Waals surface area (Å²) in [5.41, 5.74) is 0.462. The maximum Gasteiger partial charge on any atom is 0.322 e. The molecule has 1 amide bonds. The van der Waals surface area contributed by atoms with Crippen LogP contribution in [0.25, 0.3) is 0 Å². The Hall–Kier alpha value is -0.630. The molecular formula is C9H11BrINO3. The summed E-state index contributed by atoms with van der Waals surface area (Å²) in [7, 11) is 0. The molecule has 0 aliphatic carbocycles. The van der Waals surface area contributed by atoms with E-state index in [4.69, 9.17) is 5.11 Å². The lowest BCUT2D eigenvalue weighted by molar-refractivity contribution is -0.135. The maximum atomic E-state index is 11.2. The molecule has 0 bridgehead atoms. The Morgan fingerprint density at radius 3 is 2.20 bits per heavy atom. The molecule has 2 N–H and O–H groups in total. The van der Waals surface area contributed by atoms with Gasteiger partial charge in [-0.15, -0.1) is 41.0 Å². The number of benzene rings is 1. The van der Waals surface area contributed by atoms with Crippen LogP contribution in [0.1, 0.15) is 10.4 Å². The fraction of sp³-hybridized carbons (Fsp3) is 0.111. The quantitative estimate of drug-likeness (QED) is 0.776. The number of carbonyl (C=O) groups is 2. The Balaban J connectivity index is 0. The van der Waals surface area contributed by atoms with Gasteiger partial charge < -0.3 is 10.4 Å². The lowest BCUT2D eigenvalue weighted by Crippen LogP contribution is -2.29. The number of rotatable bonds is 3. The molecule has 0 spiro atoms. The van der Waals surface area contributed by atoms with Crippen LogP contribution in [-0.4, -0.2) is 23.5 Å². The topological polar surface area (TPSA) is 66.4 Å². The van der Waals surface area contributed by atoms with E-state index in [9.17, 15) is 9.59 Å². The van der Waals surface area contributed by atoms with Crippen LogP contribution in [0.4, 0.5) is 0 Å². The molecule has 0 aromatic heterocycles. The van der Waals surface area contributed by atoms with E-state index in [1.807, 2.05) is 0 Å². The zero-order chi connectivity index (χ0) is 9.68. The van der Waals surface area contributed by atoms with Crippen LogP contribution in [0.2, 0.25) is 0 Å². The maximum absolute atomic E-state index is 11.2. The SMILES string of the molecule is Br.I.O=C(O)CNC(=O)c1ccccc1. The highest BCUT2D eigenvalue weighted by atomic mass is 127. The van der Waals surface area contributed by atoms with Gasteiger partial charge in [0.25, 0.3) is 5.91 Å². The summed E-state index contributed by atoms with van der Waals surface area (Å²) in [5, 5.41) is 10.6. The van der Waals surface area contributed by atoms with E-state index in [0.717, 1.165) is 0 Å². The summed E-state index contributed by atoms with van der Waals surface area (Å²) >= 11 is 0. The van der Waals surface area contributed by atoms with Crippen molar-refractivity contribution in [2.75, 3.05) is 6.54 Å². The molecule has 15 heavy (non-hydrogen) atoms. The molecule has 84 valence electrons. The monoisotopic (exact) mass is 387 g/mol. The molecule has 0 aliphatic rings. The molecular weight excluding hydrogens is 377 g/mol. The van der Waals surface area contributed by atoms with Crippen molar-refractivity contribution in [2.45, 2.75) is 0 Å². The summed E-state index contributed by atoms with van der Waals surface area (Å²) < 4.78 is 0. The molecule has 0 atom stereocenters. The summed E-state index contributed by atoms with van der Waals surface area (Å²) in [6, 6.07) is 8.47. The zero-order valence-corrected chi connectivity index (χ0v) is 11.7. The Morgan fingerprint density at radius 1 is 1.20 bits per heavy atom. The van der Waals surface area contributed by atoms with Crippen molar-refractivity contribution in [3.05, 3.63) is 35.9 Å². The largest absolute Gasteiger partial charge is 0.480 e. The second kappa shape index (κ2) is 8.66. The number of nitrogens with one attached hydrogen (secondary N) is 1. The number of carboxylic acids is 1. The van der Waals surface area contributed by atoms with Crippen molar-refractivity contribution >= 4 is 52.8 Å². The number of hydrogen-bond acceptors (Lipinski definition) is 2. The molecule has 0 fully saturated rings. The standard InChI is InChI=1S/C9H9NO3.BrH.HI/c11-8(12)6-10-9(13)7-4-2-1-3-5-7;;/h1-5H,6H2,(H,10,13)(H,11,12);2*1H. The fourth-order valence-electron chi connectivity index (χ4n) is 0.847. The van der Waals surface area contributed by atoms with E-state index in [1.165, 1.54) is 0 Å². The van der Waals surface area contributed by atoms with Crippen molar-refractivity contribution in [1.29, 1.82) is 0 Å². The van der Waals surface area contributed by atoms with Gasteiger partial charge in [0.15, 0.2) is 0 Å². The molecule has 1 rings (SSSR count). The minimum Gasteiger partial charge on any atom is -0.480 e. The van der Waals surface area contributed by atoms with Crippen molar-refractivity contribution in [3.63, 3.8) is 0 Å². The van der Waals surface area contributed by atoms with Crippen LogP contribution >= 0.6 is 41.0 Å². The summed E-state index contributed by atoms with van der Waals surface area (Å²) in [4.78, 5) is 21.3. The minimum atomic E-state index is -1.05. The van der Waals surface area contributed by atoms with Crippen molar-refractivity contribution in [1.82, 2.24) is 5.32 Å². The van der Waals surface area contributed by atoms with Gasteiger partial charge >= 0.3 is 5.97 Å². The van der Waals surface area contributed by atoms with Crippen LogP contribution in [-0.2, 0) is 4.79 Å². The van der Waals surface area contributed by atoms with Gasteiger partial charge in [-0.25, -0.2) is 0 Å². The van der Waals surface area contributed by atoms with Gasteiger partial charge in [-0.2, -0.15) is 0 Å². The first-order valence-corrected chi connectivity index (χ1v) is 3.75. The number of aliphatic carboxylic acids is 1. The van der Waals surface area contributed by atoms with Crippen LogP contribution in [0.15, 0.2) is 30.3 Å². The molecule has 0 heterocycles. The van der Waals surface area contributed by atoms with Gasteiger partial charge in [0, 0.05) is 5.56 Å². The molecule has 0 saturated carbocycles. The number of carbonyl (C=O) groups excluding carboxylic acids is 1. The van der Waals surface area contributed by atoms with E-state index < -0.39 is 5.97 Å². The minimum absolute atomic E-state index is 0. The average Bonchev–Trinajstić information content (AvgIpc) is 2.15. The predicted molar refractivity (Wildman–Crippen MR) is 72.1 cm³/mol. The van der Waals surface area contributed by atoms with E-state index in [1.54, 1.807) is 30.3 Å². The second-order valence-electron chi connectivity index (χ2n) is 2.44. The Labute approximate surface area is 115 Å². The number of halogens is 2. The number of hydrogen-bond donors (Lipinski definition) is 2. The average molecular weight is 388 g/mol. The third-order valence-corrected chi connectivity index (χ3v) is 1.44. The normalized spacial score (nSPS) is 8.00. The van der Waals surface area contributed by atoms with Crippen molar-refractivity contribution in [3.8, 4) is 0 Å². The van der Waals surface area contributed by atoms with E-state index in [-0.39, 0.29) is 53.4 Å². The fourth-order valence-corrected chi connectivity index (χ4v) is 0.847. The highest BCUT2D eigenvalue weighted by molar-refractivity contribution is 14.0. The Kier molecular flexibility index (Phi) is 9.69. The number of carboxylic acid groups (broad SMARTS) is 1. The second-order valence-corrected chi connectivity index (χ2v) is 2.44. The van der Waals surface area contributed by atoms with Crippen molar-refractivity contribution in [2.24, 2.45) is 0 Å². The van der Waals surface area contributed by atoms with Crippen LogP contribution in [0.5, 0.6) is 0 Å². The van der Waals surface area contributed by atoms with E-state index >= 15 is 0 Å². The molecule has 4 nitrogen and oxygen atoms in total. The first-order chi connectivity index (χ1) is 6.20. The summed E-state index contributed by atoms with van der Waals surface area (Å²) in [5.74, 6) is -1.42. The summed E-state index contributed by atoms with van der Waals surface area (Å²) in [6.45, 7) is -0.353. The molecule has 1 aromatic carbocycles. The van der Waals surface area contributed by atoms with Gasteiger partial charge in [-0.3, -0.25) is 9.59 Å². The van der Waals surface area contributed by atoms with Gasteiger partial charge in [0.2, 0.25) is 0 Å². The molecule has 1 aromatic rings. The predicted octanol–water partition coefficient (Wildman–Crippen LogP) is 1.70. The number of amides is 1. The molecule has 0 aliphatic heterocycles. The molecule has 0 unspecified atom stereocenters. The Morgan fingerprint density at radius 2 is 1.73 bits per heavy atom. The first-order valence-electron chi connectivity index (χ1n) is 3.75. The molecule has 6 heteroatoms. The molecule has 0 saturated heterocycles. The summed E-state index contributed by atoms with van der Waals surface area (Å²) in [6.07, 6.45) is 0. The van der Waals surface area contributed by atoms with Crippen LogP contribution in [0.3, 0.4) is 0 Å². The van der Waals surface area contributed by atoms with Gasteiger partial charge in [0.05, 0.1) is 0 Å². The van der Waals surface area contributed by atoms with Gasteiger partial charge in [-0.05, 0) is 12.1 Å². The third-order valence-electron chi connectivity index (χ3n) is 1.44. The third kappa shape index (κ3) is 6.45. The smallest absolute Gasteiger partial charge is 0.322 e. The van der Waals surface area contributed by atoms with Crippen molar-refractivity contribution < 1.29 is 14.7 Å². The first kappa shape index (κ1) is 16.8. The van der Waals surface area contributed by atoms with Crippen LogP contribution < -0.4 is 5.32 Å². The van der Waals surface area contributed by atoms with Crippen LogP contribution in [0, 0.1) is 0 Å². The Bertz CT molecular complexity index is 318.